The molecule has 1 saturated carbocycles. The van der Waals surface area contributed by atoms with Gasteiger partial charge in [-0.3, -0.25) is 9.69 Å². The van der Waals surface area contributed by atoms with Gasteiger partial charge < -0.3 is 15.3 Å². The van der Waals surface area contributed by atoms with Crippen LogP contribution in [-0.4, -0.2) is 59.6 Å². The van der Waals surface area contributed by atoms with Gasteiger partial charge in [-0.2, -0.15) is 0 Å². The predicted molar refractivity (Wildman–Crippen MR) is 81.0 cm³/mol. The molecule has 1 aliphatic heterocycles. The van der Waals surface area contributed by atoms with Gasteiger partial charge in [0.25, 0.3) is 0 Å². The van der Waals surface area contributed by atoms with Crippen LogP contribution in [0.15, 0.2) is 24.3 Å². The Balaban J connectivity index is 1.62. The van der Waals surface area contributed by atoms with E-state index < -0.39 is 0 Å². The molecule has 1 amide bonds. The van der Waals surface area contributed by atoms with E-state index in [1.165, 1.54) is 0 Å². The lowest BCUT2D eigenvalue weighted by Crippen LogP contribution is -2.48. The van der Waals surface area contributed by atoms with E-state index in [1.807, 2.05) is 17.0 Å². The van der Waals surface area contributed by atoms with E-state index in [4.69, 9.17) is 0 Å². The van der Waals surface area contributed by atoms with Crippen molar-refractivity contribution >= 4 is 5.91 Å². The normalized spacial score (nSPS) is 19.4. The summed E-state index contributed by atoms with van der Waals surface area (Å²) in [5.41, 5.74) is 0.996. The van der Waals surface area contributed by atoms with E-state index in [0.29, 0.717) is 19.1 Å². The second kappa shape index (κ2) is 6.45. The summed E-state index contributed by atoms with van der Waals surface area (Å²) in [6.45, 7) is 4.92. The van der Waals surface area contributed by atoms with E-state index in [1.54, 1.807) is 12.1 Å². The highest BCUT2D eigenvalue weighted by atomic mass is 16.3. The Kier molecular flexibility index (Phi) is 4.41. The summed E-state index contributed by atoms with van der Waals surface area (Å²) in [4.78, 5) is 16.8. The molecular formula is C16H23N3O2. The summed E-state index contributed by atoms with van der Waals surface area (Å²) in [6, 6.07) is 7.59. The summed E-state index contributed by atoms with van der Waals surface area (Å²) in [6.07, 6.45) is 2.21. The number of amides is 1. The van der Waals surface area contributed by atoms with Gasteiger partial charge in [0.15, 0.2) is 0 Å². The number of benzene rings is 1. The zero-order valence-corrected chi connectivity index (χ0v) is 12.3. The van der Waals surface area contributed by atoms with Crippen LogP contribution >= 0.6 is 0 Å². The second-order valence-electron chi connectivity index (χ2n) is 5.95. The monoisotopic (exact) mass is 289 g/mol. The van der Waals surface area contributed by atoms with Gasteiger partial charge in [0.05, 0.1) is 6.54 Å². The predicted octanol–water partition coefficient (Wildman–Crippen LogP) is 0.788. The maximum atomic E-state index is 12.6. The molecule has 5 nitrogen and oxygen atoms in total. The molecule has 0 unspecified atom stereocenters. The van der Waals surface area contributed by atoms with Crippen molar-refractivity contribution in [2.75, 3.05) is 32.7 Å². The summed E-state index contributed by atoms with van der Waals surface area (Å²) < 4.78 is 0. The van der Waals surface area contributed by atoms with Crippen LogP contribution in [0.3, 0.4) is 0 Å². The highest BCUT2D eigenvalue weighted by molar-refractivity contribution is 5.79. The molecule has 0 bridgehead atoms. The second-order valence-corrected chi connectivity index (χ2v) is 5.95. The van der Waals surface area contributed by atoms with Crippen LogP contribution in [0.1, 0.15) is 18.4 Å². The number of nitrogens with one attached hydrogen (secondary N) is 1. The fraction of sp³-hybridized carbons (Fsp3) is 0.562. The van der Waals surface area contributed by atoms with Gasteiger partial charge in [0, 0.05) is 38.8 Å². The van der Waals surface area contributed by atoms with Crippen molar-refractivity contribution in [1.29, 1.82) is 0 Å². The van der Waals surface area contributed by atoms with Gasteiger partial charge in [0.2, 0.25) is 5.91 Å². The number of phenolic OH excluding ortho intramolecular Hbond substituents is 1. The highest BCUT2D eigenvalue weighted by Gasteiger charge is 2.33. The van der Waals surface area contributed by atoms with Crippen molar-refractivity contribution in [3.8, 4) is 5.75 Å². The standard InChI is InChI=1S/C16H23N3O2/c20-15-3-1-2-13(10-15)11-19(14-4-5-14)16(21)12-18-8-6-17-7-9-18/h1-3,10,14,17,20H,4-9,11-12H2. The van der Waals surface area contributed by atoms with Crippen molar-refractivity contribution in [1.82, 2.24) is 15.1 Å². The van der Waals surface area contributed by atoms with Crippen LogP contribution in [0, 0.1) is 0 Å². The van der Waals surface area contributed by atoms with Crippen LogP contribution in [0.2, 0.25) is 0 Å². The maximum absolute atomic E-state index is 12.6. The third-order valence-corrected chi connectivity index (χ3v) is 4.14. The molecule has 0 radical (unpaired) electrons. The molecule has 1 aliphatic carbocycles. The number of carbonyl (C=O) groups is 1. The molecule has 0 atom stereocenters. The number of hydrogen-bond donors (Lipinski definition) is 2. The molecule has 5 heteroatoms. The summed E-state index contributed by atoms with van der Waals surface area (Å²) in [7, 11) is 0. The van der Waals surface area contributed by atoms with Crippen molar-refractivity contribution < 1.29 is 9.90 Å². The van der Waals surface area contributed by atoms with Gasteiger partial charge in [-0.05, 0) is 30.5 Å². The van der Waals surface area contributed by atoms with Gasteiger partial charge in [-0.25, -0.2) is 0 Å². The molecule has 1 heterocycles. The minimum absolute atomic E-state index is 0.211. The Morgan fingerprint density at radius 2 is 2.10 bits per heavy atom. The summed E-state index contributed by atoms with van der Waals surface area (Å²) in [5, 5.41) is 12.9. The Labute approximate surface area is 125 Å². The smallest absolute Gasteiger partial charge is 0.237 e. The Morgan fingerprint density at radius 1 is 1.33 bits per heavy atom. The van der Waals surface area contributed by atoms with Crippen LogP contribution in [-0.2, 0) is 11.3 Å². The maximum Gasteiger partial charge on any atom is 0.237 e. The molecule has 114 valence electrons. The quantitative estimate of drug-likeness (QED) is 0.841. The SMILES string of the molecule is O=C(CN1CCNCC1)N(Cc1cccc(O)c1)C1CC1. The van der Waals surface area contributed by atoms with Crippen molar-refractivity contribution in [3.05, 3.63) is 29.8 Å². The van der Waals surface area contributed by atoms with Crippen LogP contribution in [0.5, 0.6) is 5.75 Å². The fourth-order valence-electron chi connectivity index (χ4n) is 2.81. The van der Waals surface area contributed by atoms with Crippen molar-refractivity contribution in [3.63, 3.8) is 0 Å². The van der Waals surface area contributed by atoms with Crippen molar-refractivity contribution in [2.45, 2.75) is 25.4 Å². The van der Waals surface area contributed by atoms with E-state index >= 15 is 0 Å². The number of carbonyl (C=O) groups excluding carboxylic acids is 1. The van der Waals surface area contributed by atoms with Crippen molar-refractivity contribution in [2.24, 2.45) is 0 Å². The summed E-state index contributed by atoms with van der Waals surface area (Å²) >= 11 is 0. The third-order valence-electron chi connectivity index (χ3n) is 4.14. The van der Waals surface area contributed by atoms with E-state index in [-0.39, 0.29) is 11.7 Å². The lowest BCUT2D eigenvalue weighted by atomic mass is 10.2. The van der Waals surface area contributed by atoms with Gasteiger partial charge in [0.1, 0.15) is 5.75 Å². The lowest BCUT2D eigenvalue weighted by molar-refractivity contribution is -0.133. The molecule has 0 spiro atoms. The first-order chi connectivity index (χ1) is 10.2. The van der Waals surface area contributed by atoms with Gasteiger partial charge in [-0.15, -0.1) is 0 Å². The number of hydrogen-bond acceptors (Lipinski definition) is 4. The number of aromatic hydroxyl groups is 1. The molecular weight excluding hydrogens is 266 g/mol. The average molecular weight is 289 g/mol. The fourth-order valence-corrected chi connectivity index (χ4v) is 2.81. The van der Waals surface area contributed by atoms with Gasteiger partial charge in [-0.1, -0.05) is 12.1 Å². The first-order valence-electron chi connectivity index (χ1n) is 7.73. The largest absolute Gasteiger partial charge is 0.508 e. The van der Waals surface area contributed by atoms with E-state index in [9.17, 15) is 9.90 Å². The average Bonchev–Trinajstić information content (AvgIpc) is 3.30. The lowest BCUT2D eigenvalue weighted by Gasteiger charge is -2.30. The van der Waals surface area contributed by atoms with Crippen LogP contribution < -0.4 is 5.32 Å². The van der Waals surface area contributed by atoms with E-state index in [2.05, 4.69) is 10.2 Å². The highest BCUT2D eigenvalue weighted by Crippen LogP contribution is 2.29. The minimum atomic E-state index is 0.211. The molecule has 1 aromatic carbocycles. The molecule has 1 saturated heterocycles. The molecule has 21 heavy (non-hydrogen) atoms. The number of piperazine rings is 1. The van der Waals surface area contributed by atoms with E-state index in [0.717, 1.165) is 44.6 Å². The minimum Gasteiger partial charge on any atom is -0.508 e. The third kappa shape index (κ3) is 3.95. The molecule has 1 aromatic rings. The molecule has 2 N–H and O–H groups in total. The Bertz CT molecular complexity index is 496. The Hall–Kier alpha value is -1.59. The zero-order valence-electron chi connectivity index (χ0n) is 12.3. The first-order valence-corrected chi connectivity index (χ1v) is 7.73. The first kappa shape index (κ1) is 14.4. The van der Waals surface area contributed by atoms with Crippen LogP contribution in [0.25, 0.3) is 0 Å². The molecule has 2 aliphatic rings. The molecule has 0 aromatic heterocycles. The number of phenols is 1. The molecule has 2 fully saturated rings. The van der Waals surface area contributed by atoms with Crippen LogP contribution in [0.4, 0.5) is 0 Å². The topological polar surface area (TPSA) is 55.8 Å². The zero-order chi connectivity index (χ0) is 14.7. The number of nitrogens with zero attached hydrogens (tertiary/aromatic N) is 2. The van der Waals surface area contributed by atoms with Gasteiger partial charge >= 0.3 is 0 Å². The molecule has 3 rings (SSSR count). The summed E-state index contributed by atoms with van der Waals surface area (Å²) in [5.74, 6) is 0.473. The number of rotatable bonds is 5. The Morgan fingerprint density at radius 3 is 2.76 bits per heavy atom.